The molecule has 1 unspecified atom stereocenters. The maximum absolute atomic E-state index is 12.9. The van der Waals surface area contributed by atoms with Gasteiger partial charge in [0.05, 0.1) is 16.6 Å². The Labute approximate surface area is 179 Å². The van der Waals surface area contributed by atoms with Gasteiger partial charge in [0, 0.05) is 32.2 Å². The van der Waals surface area contributed by atoms with Crippen LogP contribution in [-0.4, -0.2) is 60.7 Å². The number of nitriles is 1. The van der Waals surface area contributed by atoms with Crippen LogP contribution < -0.4 is 4.74 Å². The minimum atomic E-state index is -4.07. The fourth-order valence-corrected chi connectivity index (χ4v) is 4.84. The van der Waals surface area contributed by atoms with E-state index in [1.54, 1.807) is 25.1 Å². The fourth-order valence-electron chi connectivity index (χ4n) is 3.26. The molecule has 2 aromatic rings. The summed E-state index contributed by atoms with van der Waals surface area (Å²) in [6.45, 7) is 1.86. The van der Waals surface area contributed by atoms with Gasteiger partial charge in [0.15, 0.2) is 11.0 Å². The van der Waals surface area contributed by atoms with Gasteiger partial charge in [-0.1, -0.05) is 18.2 Å². The first-order valence-corrected chi connectivity index (χ1v) is 10.9. The van der Waals surface area contributed by atoms with Gasteiger partial charge in [-0.05, 0) is 31.2 Å². The van der Waals surface area contributed by atoms with Crippen molar-refractivity contribution in [2.75, 3.05) is 26.2 Å². The Morgan fingerprint density at radius 3 is 2.48 bits per heavy atom. The van der Waals surface area contributed by atoms with Crippen LogP contribution in [0, 0.1) is 21.4 Å². The standard InChI is InChI=1S/C20H20N4O6S/c1-15(30-17-6-4-5-16(13-17)14-21)20(25)22-9-11-23(12-10-22)31(28,29)19-8-3-2-7-18(19)24(26)27/h2-8,13,15H,9-12H2,1H3. The number of benzene rings is 2. The van der Waals surface area contributed by atoms with Gasteiger partial charge in [-0.2, -0.15) is 9.57 Å². The molecule has 0 saturated carbocycles. The van der Waals surface area contributed by atoms with Crippen LogP contribution in [0.25, 0.3) is 0 Å². The maximum atomic E-state index is 12.9. The number of hydrogen-bond acceptors (Lipinski definition) is 7. The number of amides is 1. The molecule has 1 fully saturated rings. The molecule has 1 aliphatic heterocycles. The molecule has 31 heavy (non-hydrogen) atoms. The Morgan fingerprint density at radius 2 is 1.84 bits per heavy atom. The first-order chi connectivity index (χ1) is 14.7. The molecule has 0 aliphatic carbocycles. The van der Waals surface area contributed by atoms with Crippen molar-refractivity contribution in [3.05, 3.63) is 64.2 Å². The van der Waals surface area contributed by atoms with Crippen molar-refractivity contribution >= 4 is 21.6 Å². The molecule has 162 valence electrons. The summed E-state index contributed by atoms with van der Waals surface area (Å²) >= 11 is 0. The van der Waals surface area contributed by atoms with Crippen molar-refractivity contribution in [3.63, 3.8) is 0 Å². The summed E-state index contributed by atoms with van der Waals surface area (Å²) in [6, 6.07) is 13.6. The van der Waals surface area contributed by atoms with E-state index >= 15 is 0 Å². The largest absolute Gasteiger partial charge is 0.481 e. The lowest BCUT2D eigenvalue weighted by Gasteiger charge is -2.35. The van der Waals surface area contributed by atoms with Crippen LogP contribution in [-0.2, 0) is 14.8 Å². The van der Waals surface area contributed by atoms with E-state index in [2.05, 4.69) is 0 Å². The summed E-state index contributed by atoms with van der Waals surface area (Å²) in [7, 11) is -4.07. The monoisotopic (exact) mass is 444 g/mol. The smallest absolute Gasteiger partial charge is 0.289 e. The van der Waals surface area contributed by atoms with E-state index in [0.717, 1.165) is 10.4 Å². The van der Waals surface area contributed by atoms with Crippen molar-refractivity contribution < 1.29 is 22.9 Å². The third kappa shape index (κ3) is 4.82. The quantitative estimate of drug-likeness (QED) is 0.489. The van der Waals surface area contributed by atoms with E-state index < -0.39 is 26.7 Å². The molecule has 0 radical (unpaired) electrons. The first kappa shape index (κ1) is 22.2. The number of carbonyl (C=O) groups is 1. The molecule has 0 aromatic heterocycles. The second kappa shape index (κ2) is 9.11. The highest BCUT2D eigenvalue weighted by molar-refractivity contribution is 7.89. The van der Waals surface area contributed by atoms with Crippen LogP contribution in [0.5, 0.6) is 5.75 Å². The Hall–Kier alpha value is -3.49. The van der Waals surface area contributed by atoms with Gasteiger partial charge in [0.25, 0.3) is 11.6 Å². The van der Waals surface area contributed by atoms with Crippen LogP contribution in [0.3, 0.4) is 0 Å². The van der Waals surface area contributed by atoms with E-state index in [-0.39, 0.29) is 37.0 Å². The molecular weight excluding hydrogens is 424 g/mol. The van der Waals surface area contributed by atoms with Crippen molar-refractivity contribution in [2.24, 2.45) is 0 Å². The van der Waals surface area contributed by atoms with Crippen LogP contribution in [0.1, 0.15) is 12.5 Å². The summed E-state index contributed by atoms with van der Waals surface area (Å²) in [5, 5.41) is 20.2. The SMILES string of the molecule is CC(Oc1cccc(C#N)c1)C(=O)N1CCN(S(=O)(=O)c2ccccc2[N+](=O)[O-])CC1. The topological polar surface area (TPSA) is 134 Å². The molecule has 1 aliphatic rings. The van der Waals surface area contributed by atoms with Crippen molar-refractivity contribution in [2.45, 2.75) is 17.9 Å². The van der Waals surface area contributed by atoms with Crippen LogP contribution in [0.4, 0.5) is 5.69 Å². The molecule has 0 spiro atoms. The number of piperazine rings is 1. The molecule has 2 aromatic carbocycles. The number of nitrogens with zero attached hydrogens (tertiary/aromatic N) is 4. The van der Waals surface area contributed by atoms with Crippen LogP contribution in [0.2, 0.25) is 0 Å². The number of nitro groups is 1. The van der Waals surface area contributed by atoms with Gasteiger partial charge in [-0.25, -0.2) is 8.42 Å². The second-order valence-electron chi connectivity index (χ2n) is 6.85. The predicted molar refractivity (Wildman–Crippen MR) is 110 cm³/mol. The number of carbonyl (C=O) groups excluding carboxylic acids is 1. The van der Waals surface area contributed by atoms with E-state index in [1.807, 2.05) is 6.07 Å². The van der Waals surface area contributed by atoms with E-state index in [9.17, 15) is 23.3 Å². The number of para-hydroxylation sites is 1. The molecule has 0 N–H and O–H groups in total. The summed E-state index contributed by atoms with van der Waals surface area (Å²) in [5.74, 6) is 0.0719. The molecule has 11 heteroatoms. The highest BCUT2D eigenvalue weighted by atomic mass is 32.2. The summed E-state index contributed by atoms with van der Waals surface area (Å²) in [6.07, 6.45) is -0.827. The van der Waals surface area contributed by atoms with Crippen molar-refractivity contribution in [3.8, 4) is 11.8 Å². The third-order valence-corrected chi connectivity index (χ3v) is 6.80. The zero-order valence-corrected chi connectivity index (χ0v) is 17.5. The third-order valence-electron chi connectivity index (χ3n) is 4.85. The first-order valence-electron chi connectivity index (χ1n) is 9.43. The lowest BCUT2D eigenvalue weighted by atomic mass is 10.2. The van der Waals surface area contributed by atoms with E-state index in [1.165, 1.54) is 29.2 Å². The van der Waals surface area contributed by atoms with Crippen molar-refractivity contribution in [1.82, 2.24) is 9.21 Å². The molecule has 1 heterocycles. The average molecular weight is 444 g/mol. The number of hydrogen-bond donors (Lipinski definition) is 0. The van der Waals surface area contributed by atoms with E-state index in [0.29, 0.717) is 11.3 Å². The minimum absolute atomic E-state index is 0.0107. The zero-order valence-electron chi connectivity index (χ0n) is 16.7. The van der Waals surface area contributed by atoms with Gasteiger partial charge >= 0.3 is 0 Å². The molecule has 1 saturated heterocycles. The normalized spacial score (nSPS) is 15.7. The molecule has 10 nitrogen and oxygen atoms in total. The molecule has 1 atom stereocenters. The number of ether oxygens (including phenoxy) is 1. The van der Waals surface area contributed by atoms with Crippen molar-refractivity contribution in [1.29, 1.82) is 5.26 Å². The lowest BCUT2D eigenvalue weighted by Crippen LogP contribution is -2.53. The average Bonchev–Trinajstić information content (AvgIpc) is 2.78. The lowest BCUT2D eigenvalue weighted by molar-refractivity contribution is -0.387. The maximum Gasteiger partial charge on any atom is 0.289 e. The van der Waals surface area contributed by atoms with Gasteiger partial charge in [0.1, 0.15) is 5.75 Å². The summed E-state index contributed by atoms with van der Waals surface area (Å²) < 4.78 is 32.6. The van der Waals surface area contributed by atoms with Crippen LogP contribution in [0.15, 0.2) is 53.4 Å². The zero-order chi connectivity index (χ0) is 22.6. The summed E-state index contributed by atoms with van der Waals surface area (Å²) in [5.41, 5.74) is -0.0754. The minimum Gasteiger partial charge on any atom is -0.481 e. The predicted octanol–water partition coefficient (Wildman–Crippen LogP) is 1.77. The second-order valence-corrected chi connectivity index (χ2v) is 8.76. The van der Waals surface area contributed by atoms with Gasteiger partial charge in [-0.15, -0.1) is 0 Å². The van der Waals surface area contributed by atoms with Gasteiger partial charge in [-0.3, -0.25) is 14.9 Å². The Bertz CT molecular complexity index is 1140. The molecule has 0 bridgehead atoms. The Morgan fingerprint density at radius 1 is 1.16 bits per heavy atom. The number of rotatable bonds is 6. The summed E-state index contributed by atoms with van der Waals surface area (Å²) in [4.78, 5) is 24.3. The molecule has 1 amide bonds. The molecule has 3 rings (SSSR count). The number of sulfonamides is 1. The Kier molecular flexibility index (Phi) is 6.53. The van der Waals surface area contributed by atoms with Crippen LogP contribution >= 0.6 is 0 Å². The van der Waals surface area contributed by atoms with Gasteiger partial charge < -0.3 is 9.64 Å². The molecular formula is C20H20N4O6S. The Balaban J connectivity index is 1.65. The number of nitro benzene ring substituents is 1. The highest BCUT2D eigenvalue weighted by Gasteiger charge is 2.35. The van der Waals surface area contributed by atoms with E-state index in [4.69, 9.17) is 10.00 Å². The highest BCUT2D eigenvalue weighted by Crippen LogP contribution is 2.27. The van der Waals surface area contributed by atoms with Gasteiger partial charge in [0.2, 0.25) is 10.0 Å². The fraction of sp³-hybridized carbons (Fsp3) is 0.300.